The van der Waals surface area contributed by atoms with Crippen molar-refractivity contribution < 1.29 is 0 Å². The van der Waals surface area contributed by atoms with Gasteiger partial charge in [0.25, 0.3) is 0 Å². The van der Waals surface area contributed by atoms with Crippen LogP contribution < -0.4 is 0 Å². The number of hydrogen-bond acceptors (Lipinski definition) is 14. The van der Waals surface area contributed by atoms with Gasteiger partial charge in [-0.05, 0) is 423 Å². The summed E-state index contributed by atoms with van der Waals surface area (Å²) >= 11 is 0. The number of H-pyrrole nitrogens is 6. The van der Waals surface area contributed by atoms with Gasteiger partial charge in [-0.25, -0.2) is 24.9 Å². The first kappa shape index (κ1) is 91.2. The first-order valence-corrected chi connectivity index (χ1v) is 39.9. The van der Waals surface area contributed by atoms with Gasteiger partial charge in [0.1, 0.15) is 40.1 Å². The fraction of sp³-hybridized carbons (Fsp3) is 0.432. The molecule has 13 rings (SSSR count). The molecule has 20 nitrogen and oxygen atoms in total. The molecule has 0 bridgehead atoms. The van der Waals surface area contributed by atoms with Crippen molar-refractivity contribution in [1.29, 1.82) is 0 Å². The zero-order chi connectivity index (χ0) is 86.4. The number of hydrogen-bond donors (Lipinski definition) is 6. The molecular weight excluding hydrogens is 1420 g/mol. The summed E-state index contributed by atoms with van der Waals surface area (Å²) in [6.45, 7) is 85.7. The van der Waals surface area contributed by atoms with Crippen molar-refractivity contribution in [2.45, 2.75) is 284 Å². The Bertz CT molecular complexity index is 5720. The molecule has 13 aromatic heterocycles. The molecule has 115 heavy (non-hydrogen) atoms. The molecule has 13 heterocycles. The van der Waals surface area contributed by atoms with Crippen LogP contribution in [0.1, 0.15) is 239 Å². The summed E-state index contributed by atoms with van der Waals surface area (Å²) in [5, 5.41) is 25.2. The Morgan fingerprint density at radius 2 is 0.600 bits per heavy atom. The third-order valence-corrected chi connectivity index (χ3v) is 24.8. The van der Waals surface area contributed by atoms with Gasteiger partial charge in [0, 0.05) is 62.6 Å². The van der Waals surface area contributed by atoms with Crippen LogP contribution in [0.3, 0.4) is 0 Å². The van der Waals surface area contributed by atoms with Crippen LogP contribution in [0.4, 0.5) is 0 Å². The van der Waals surface area contributed by atoms with Crippen LogP contribution in [0.5, 0.6) is 0 Å². The molecule has 0 aliphatic rings. The Kier molecular flexibility index (Phi) is 29.7. The summed E-state index contributed by atoms with van der Waals surface area (Å²) in [4.78, 5) is 56.1. The van der Waals surface area contributed by atoms with Gasteiger partial charge in [0.05, 0.1) is 45.6 Å². The van der Waals surface area contributed by atoms with Gasteiger partial charge in [0.15, 0.2) is 11.6 Å². The number of aromatic nitrogens is 20. The van der Waals surface area contributed by atoms with Crippen molar-refractivity contribution in [2.75, 3.05) is 0 Å². The molecule has 0 spiro atoms. The molecule has 0 saturated carbocycles. The molecule has 6 N–H and O–H groups in total. The molecule has 0 aromatic carbocycles. The van der Waals surface area contributed by atoms with Crippen LogP contribution >= 0.6 is 0 Å². The maximum atomic E-state index is 4.79. The standard InChI is InChI=1S/C16H22N2.3C14H19N3.C13H19N.2C12H16N4/c1-8-9(2)13(6)17-15(11(8)4)16-12(5)10(3)14(7)18-16;1-7-8(2)11(5)15-13(9(7)3)14-10(4)12(6)16-17-14;1-7-8(2)10(4)16-13(9(7)3)14-11(5)15-12(6)17-14;1-7-8(2)10(4)15-13(9(7)3)14-16-11(5)12(6)17-14;1-7-8(2)13-11(5)9(3)10(4)12(6)14-13;1-6-7(2)9(4)13-11(8(6)3)12-14-10(5)15-16-12;1-6-7(2)9(4)13-11(8(6)3)12-10(5)14-16-15-12/h18H,1-7H3;1-6H3,(H,16,17);1-6H3,(H,15,17);1-6H3,(H,16,17);7H,1-6H3;2*1-5H3,(H,14,15,16)/b;;;;8-7+;;. The minimum atomic E-state index is 0.682. The summed E-state index contributed by atoms with van der Waals surface area (Å²) in [6.07, 6.45) is 2.11. The lowest BCUT2D eigenvalue weighted by molar-refractivity contribution is 0.928. The second kappa shape index (κ2) is 37.5. The van der Waals surface area contributed by atoms with Crippen molar-refractivity contribution in [2.24, 2.45) is 0 Å². The van der Waals surface area contributed by atoms with E-state index in [1.165, 1.54) is 145 Å². The largest absolute Gasteiger partial charge is 0.357 e. The van der Waals surface area contributed by atoms with Crippen molar-refractivity contribution in [3.63, 3.8) is 0 Å². The molecule has 20 heteroatoms. The summed E-state index contributed by atoms with van der Waals surface area (Å²) in [6, 6.07) is 0. The number of aromatic amines is 6. The Hall–Kier alpha value is -11.0. The normalized spacial score (nSPS) is 11.1. The van der Waals surface area contributed by atoms with Gasteiger partial charge in [-0.15, -0.1) is 0 Å². The fourth-order valence-corrected chi connectivity index (χ4v) is 13.6. The third-order valence-electron chi connectivity index (χ3n) is 24.8. The van der Waals surface area contributed by atoms with Gasteiger partial charge in [0.2, 0.25) is 0 Å². The lowest BCUT2D eigenvalue weighted by Gasteiger charge is -2.13. The highest BCUT2D eigenvalue weighted by atomic mass is 15.3. The molecule has 13 aromatic rings. The lowest BCUT2D eigenvalue weighted by Crippen LogP contribution is -2.00. The van der Waals surface area contributed by atoms with Crippen LogP contribution in [0.15, 0.2) is 6.08 Å². The number of nitrogens with one attached hydrogen (secondary N) is 6. The topological polar surface area (TPSA) is 275 Å². The molecule has 0 aliphatic carbocycles. The first-order chi connectivity index (χ1) is 53.6. The number of aryl methyl sites for hydroxylation is 15. The second-order valence-corrected chi connectivity index (χ2v) is 31.7. The summed E-state index contributed by atoms with van der Waals surface area (Å²) < 4.78 is 0. The minimum absolute atomic E-state index is 0.682. The zero-order valence-electron chi connectivity index (χ0n) is 77.3. The number of nitrogens with zero attached hydrogens (tertiary/aromatic N) is 14. The monoisotopic (exact) mass is 1550 g/mol. The highest BCUT2D eigenvalue weighted by molar-refractivity contribution is 5.70. The Balaban J connectivity index is 0.000000186. The predicted molar refractivity (Wildman–Crippen MR) is 477 cm³/mol. The van der Waals surface area contributed by atoms with Gasteiger partial charge in [-0.2, -0.15) is 25.6 Å². The van der Waals surface area contributed by atoms with Crippen LogP contribution in [0, 0.1) is 270 Å². The Labute approximate surface area is 685 Å². The van der Waals surface area contributed by atoms with E-state index in [9.17, 15) is 0 Å². The molecule has 0 unspecified atom stereocenters. The quantitative estimate of drug-likeness (QED) is 0.0866. The molecular formula is C95H130N20. The smallest absolute Gasteiger partial charge is 0.200 e. The Morgan fingerprint density at radius 1 is 0.217 bits per heavy atom. The highest BCUT2D eigenvalue weighted by Crippen LogP contribution is 2.35. The third kappa shape index (κ3) is 19.7. The van der Waals surface area contributed by atoms with Gasteiger partial charge in [-0.3, -0.25) is 35.1 Å². The highest BCUT2D eigenvalue weighted by Gasteiger charge is 2.22. The number of allylic oxidation sites excluding steroid dienone is 2. The van der Waals surface area contributed by atoms with E-state index in [4.69, 9.17) is 15.0 Å². The van der Waals surface area contributed by atoms with Crippen molar-refractivity contribution in [3.8, 4) is 68.6 Å². The van der Waals surface area contributed by atoms with E-state index in [0.717, 1.165) is 148 Å². The van der Waals surface area contributed by atoms with Crippen LogP contribution in [0.2, 0.25) is 0 Å². The van der Waals surface area contributed by atoms with Crippen molar-refractivity contribution >= 4 is 5.57 Å². The summed E-state index contributed by atoms with van der Waals surface area (Å²) in [5.74, 6) is 3.31. The molecule has 0 aliphatic heterocycles. The van der Waals surface area contributed by atoms with Crippen LogP contribution in [0.25, 0.3) is 74.2 Å². The summed E-state index contributed by atoms with van der Waals surface area (Å²) in [7, 11) is 0. The molecule has 0 radical (unpaired) electrons. The van der Waals surface area contributed by atoms with Gasteiger partial charge < -0.3 is 15.0 Å². The first-order valence-electron chi connectivity index (χ1n) is 39.9. The van der Waals surface area contributed by atoms with Crippen LogP contribution in [-0.2, 0) is 0 Å². The molecule has 0 saturated heterocycles. The molecule has 0 atom stereocenters. The summed E-state index contributed by atoms with van der Waals surface area (Å²) in [5.41, 5.74) is 56.9. The van der Waals surface area contributed by atoms with E-state index in [-0.39, 0.29) is 0 Å². The lowest BCUT2D eigenvalue weighted by atomic mass is 9.99. The average Bonchev–Trinajstić information content (AvgIpc) is 1.69. The van der Waals surface area contributed by atoms with Gasteiger partial charge in [-0.1, -0.05) is 6.08 Å². The van der Waals surface area contributed by atoms with E-state index in [2.05, 4.69) is 306 Å². The number of rotatable bonds is 7. The Morgan fingerprint density at radius 3 is 0.957 bits per heavy atom. The van der Waals surface area contributed by atoms with E-state index in [1.807, 2.05) is 69.2 Å². The molecule has 610 valence electrons. The maximum Gasteiger partial charge on any atom is 0.200 e. The van der Waals surface area contributed by atoms with Crippen molar-refractivity contribution in [3.05, 3.63) is 231 Å². The molecule has 0 amide bonds. The van der Waals surface area contributed by atoms with Crippen molar-refractivity contribution in [1.82, 2.24) is 101 Å². The minimum Gasteiger partial charge on any atom is -0.357 e. The van der Waals surface area contributed by atoms with E-state index < -0.39 is 0 Å². The fourth-order valence-electron chi connectivity index (χ4n) is 13.6. The number of pyridine rings is 7. The number of imidazole rings is 2. The zero-order valence-corrected chi connectivity index (χ0v) is 77.3. The van der Waals surface area contributed by atoms with E-state index in [1.54, 1.807) is 0 Å². The predicted octanol–water partition coefficient (Wildman–Crippen LogP) is 22.8. The van der Waals surface area contributed by atoms with Gasteiger partial charge >= 0.3 is 0 Å². The van der Waals surface area contributed by atoms with Crippen LogP contribution in [-0.4, -0.2) is 101 Å². The van der Waals surface area contributed by atoms with E-state index in [0.29, 0.717) is 5.82 Å². The molecule has 0 fully saturated rings. The maximum absolute atomic E-state index is 4.79. The second-order valence-electron chi connectivity index (χ2n) is 31.7. The SMILES string of the molecule is C/C=C(\C)c1nc(C)c(C)c(C)c1C.Cc1n[nH]nc1-c1nc(C)c(C)c(C)c1C.Cc1nc(-c2[nH]c(C)c(C)c2C)c(C)c(C)c1C.Cc1nc(-c2n[nH]c(C)c2C)c(C)c(C)c1C.Cc1nc(-c2nc(C)c(C)c(C)c2C)[nH]c1C.Cc1nc(-c2nc(C)c(C)c(C)c2C)c(C)[nH]1.Cc1nc(-c2nc(C)c(C)c(C)c2C)n[nH]1. The van der Waals surface area contributed by atoms with E-state index >= 15 is 0 Å². The average molecular weight is 1550 g/mol.